The van der Waals surface area contributed by atoms with E-state index in [1.165, 1.54) is 0 Å². The number of pyridine rings is 1. The Balaban J connectivity index is 1.82. The predicted octanol–water partition coefficient (Wildman–Crippen LogP) is 2.83. The maximum Gasteiger partial charge on any atom is 0.161 e. The highest BCUT2D eigenvalue weighted by Crippen LogP contribution is 2.28. The molecule has 1 aliphatic rings. The number of rotatable bonds is 4. The molecule has 2 aromatic heterocycles. The summed E-state index contributed by atoms with van der Waals surface area (Å²) in [7, 11) is 0. The van der Waals surface area contributed by atoms with Crippen LogP contribution < -0.4 is 5.32 Å². The van der Waals surface area contributed by atoms with Crippen molar-refractivity contribution in [3.05, 3.63) is 35.8 Å². The largest absolute Gasteiger partial charge is 0.388 e. The van der Waals surface area contributed by atoms with Crippen LogP contribution in [-0.2, 0) is 0 Å². The number of nitrogens with zero attached hydrogens (tertiary/aromatic N) is 3. The standard InChI is InChI=1S/C17H22N4OS/c1-12-13(2)20-16(14-3-7-18-8-4-14)21-15(12)19-11-17(22)5-9-23-10-6-17/h3-4,7-8,22H,5-6,9-11H2,1-2H3,(H,19,20,21). The van der Waals surface area contributed by atoms with Crippen LogP contribution in [0.5, 0.6) is 0 Å². The van der Waals surface area contributed by atoms with Gasteiger partial charge in [-0.05, 0) is 50.3 Å². The van der Waals surface area contributed by atoms with Crippen molar-refractivity contribution in [3.8, 4) is 11.4 Å². The van der Waals surface area contributed by atoms with E-state index in [4.69, 9.17) is 0 Å². The molecule has 0 atom stereocenters. The smallest absolute Gasteiger partial charge is 0.161 e. The number of hydrogen-bond donors (Lipinski definition) is 2. The van der Waals surface area contributed by atoms with Crippen LogP contribution in [0.25, 0.3) is 11.4 Å². The lowest BCUT2D eigenvalue weighted by Crippen LogP contribution is -2.40. The van der Waals surface area contributed by atoms with Crippen LogP contribution in [0.4, 0.5) is 5.82 Å². The van der Waals surface area contributed by atoms with Crippen LogP contribution >= 0.6 is 11.8 Å². The molecule has 0 bridgehead atoms. The van der Waals surface area contributed by atoms with Crippen LogP contribution in [0.1, 0.15) is 24.1 Å². The van der Waals surface area contributed by atoms with Gasteiger partial charge in [0.2, 0.25) is 0 Å². The molecule has 3 rings (SSSR count). The summed E-state index contributed by atoms with van der Waals surface area (Å²) in [6, 6.07) is 3.81. The van der Waals surface area contributed by atoms with Gasteiger partial charge < -0.3 is 10.4 Å². The number of hydrogen-bond acceptors (Lipinski definition) is 6. The zero-order chi connectivity index (χ0) is 16.3. The van der Waals surface area contributed by atoms with Crippen LogP contribution in [0.3, 0.4) is 0 Å². The molecular formula is C17H22N4OS. The maximum atomic E-state index is 10.7. The Morgan fingerprint density at radius 2 is 1.87 bits per heavy atom. The molecule has 0 saturated carbocycles. The molecule has 0 amide bonds. The van der Waals surface area contributed by atoms with E-state index in [-0.39, 0.29) is 0 Å². The van der Waals surface area contributed by atoms with E-state index in [1.54, 1.807) is 12.4 Å². The summed E-state index contributed by atoms with van der Waals surface area (Å²) in [5.74, 6) is 3.52. The van der Waals surface area contributed by atoms with E-state index >= 15 is 0 Å². The van der Waals surface area contributed by atoms with Gasteiger partial charge in [0.05, 0.1) is 5.60 Å². The molecule has 23 heavy (non-hydrogen) atoms. The number of nitrogens with one attached hydrogen (secondary N) is 1. The fourth-order valence-corrected chi connectivity index (χ4v) is 3.86. The van der Waals surface area contributed by atoms with Crippen molar-refractivity contribution in [2.45, 2.75) is 32.3 Å². The SMILES string of the molecule is Cc1nc(-c2ccncc2)nc(NCC2(O)CCSCC2)c1C. The van der Waals surface area contributed by atoms with Gasteiger partial charge in [-0.2, -0.15) is 11.8 Å². The topological polar surface area (TPSA) is 70.9 Å². The van der Waals surface area contributed by atoms with Gasteiger partial charge in [-0.3, -0.25) is 4.98 Å². The van der Waals surface area contributed by atoms with Gasteiger partial charge in [0, 0.05) is 35.8 Å². The molecule has 122 valence electrons. The van der Waals surface area contributed by atoms with Crippen LogP contribution in [0.15, 0.2) is 24.5 Å². The first-order valence-electron chi connectivity index (χ1n) is 7.87. The molecule has 0 aliphatic carbocycles. The van der Waals surface area contributed by atoms with Crippen LogP contribution in [0.2, 0.25) is 0 Å². The number of thioether (sulfide) groups is 1. The van der Waals surface area contributed by atoms with Crippen molar-refractivity contribution in [1.82, 2.24) is 15.0 Å². The third-order valence-corrected chi connectivity index (χ3v) is 5.32. The molecule has 1 fully saturated rings. The molecule has 0 aromatic carbocycles. The van der Waals surface area contributed by atoms with Gasteiger partial charge in [-0.1, -0.05) is 0 Å². The van der Waals surface area contributed by atoms with E-state index in [9.17, 15) is 5.11 Å². The first-order chi connectivity index (χ1) is 11.1. The van der Waals surface area contributed by atoms with Crippen molar-refractivity contribution >= 4 is 17.6 Å². The highest BCUT2D eigenvalue weighted by atomic mass is 32.2. The summed E-state index contributed by atoms with van der Waals surface area (Å²) in [5, 5.41) is 14.0. The normalized spacial score (nSPS) is 17.0. The van der Waals surface area contributed by atoms with Crippen molar-refractivity contribution in [2.24, 2.45) is 0 Å². The van der Waals surface area contributed by atoms with E-state index in [1.807, 2.05) is 37.7 Å². The highest BCUT2D eigenvalue weighted by molar-refractivity contribution is 7.99. The summed E-state index contributed by atoms with van der Waals surface area (Å²) < 4.78 is 0. The molecule has 0 spiro atoms. The Morgan fingerprint density at radius 3 is 2.57 bits per heavy atom. The van der Waals surface area contributed by atoms with Crippen molar-refractivity contribution < 1.29 is 5.11 Å². The zero-order valence-electron chi connectivity index (χ0n) is 13.5. The molecule has 2 aromatic rings. The summed E-state index contributed by atoms with van der Waals surface area (Å²) in [4.78, 5) is 13.3. The number of aromatic nitrogens is 3. The number of anilines is 1. The van der Waals surface area contributed by atoms with Gasteiger partial charge in [0.1, 0.15) is 5.82 Å². The molecule has 2 N–H and O–H groups in total. The summed E-state index contributed by atoms with van der Waals surface area (Å²) in [6.07, 6.45) is 5.13. The summed E-state index contributed by atoms with van der Waals surface area (Å²) in [6.45, 7) is 4.52. The van der Waals surface area contributed by atoms with E-state index in [2.05, 4.69) is 20.3 Å². The van der Waals surface area contributed by atoms with E-state index < -0.39 is 5.60 Å². The molecule has 1 saturated heterocycles. The Morgan fingerprint density at radius 1 is 1.17 bits per heavy atom. The lowest BCUT2D eigenvalue weighted by molar-refractivity contribution is 0.0453. The fraction of sp³-hybridized carbons (Fsp3) is 0.471. The van der Waals surface area contributed by atoms with Crippen LogP contribution in [-0.4, -0.2) is 43.7 Å². The van der Waals surface area contributed by atoms with Gasteiger partial charge in [0.15, 0.2) is 5.82 Å². The molecule has 3 heterocycles. The summed E-state index contributed by atoms with van der Waals surface area (Å²) >= 11 is 1.90. The molecule has 0 unspecified atom stereocenters. The van der Waals surface area contributed by atoms with Crippen molar-refractivity contribution in [3.63, 3.8) is 0 Å². The van der Waals surface area contributed by atoms with Crippen molar-refractivity contribution in [1.29, 1.82) is 0 Å². The Bertz CT molecular complexity index is 672. The second-order valence-electron chi connectivity index (χ2n) is 6.03. The van der Waals surface area contributed by atoms with Gasteiger partial charge in [-0.25, -0.2) is 9.97 Å². The minimum atomic E-state index is -0.632. The molecule has 5 nitrogen and oxygen atoms in total. The molecular weight excluding hydrogens is 308 g/mol. The summed E-state index contributed by atoms with van der Waals surface area (Å²) in [5.41, 5.74) is 2.28. The van der Waals surface area contributed by atoms with Gasteiger partial charge >= 0.3 is 0 Å². The minimum absolute atomic E-state index is 0.528. The van der Waals surface area contributed by atoms with E-state index in [0.29, 0.717) is 12.4 Å². The molecule has 6 heteroatoms. The lowest BCUT2D eigenvalue weighted by Gasteiger charge is -2.32. The first kappa shape index (κ1) is 16.2. The highest BCUT2D eigenvalue weighted by Gasteiger charge is 2.29. The average Bonchev–Trinajstić information content (AvgIpc) is 2.57. The predicted molar refractivity (Wildman–Crippen MR) is 94.7 cm³/mol. The zero-order valence-corrected chi connectivity index (χ0v) is 14.4. The Labute approximate surface area is 141 Å². The van der Waals surface area contributed by atoms with Gasteiger partial charge in [-0.15, -0.1) is 0 Å². The average molecular weight is 330 g/mol. The minimum Gasteiger partial charge on any atom is -0.388 e. The van der Waals surface area contributed by atoms with Crippen LogP contribution in [0, 0.1) is 13.8 Å². The first-order valence-corrected chi connectivity index (χ1v) is 9.02. The second kappa shape index (κ2) is 6.84. The van der Waals surface area contributed by atoms with Gasteiger partial charge in [0.25, 0.3) is 0 Å². The third-order valence-electron chi connectivity index (χ3n) is 4.34. The monoisotopic (exact) mass is 330 g/mol. The maximum absolute atomic E-state index is 10.7. The number of aryl methyl sites for hydroxylation is 1. The quantitative estimate of drug-likeness (QED) is 0.898. The van der Waals surface area contributed by atoms with E-state index in [0.717, 1.165) is 47.0 Å². The Kier molecular flexibility index (Phi) is 4.82. The molecule has 1 aliphatic heterocycles. The Hall–Kier alpha value is -1.66. The lowest BCUT2D eigenvalue weighted by atomic mass is 9.97. The van der Waals surface area contributed by atoms with Crippen molar-refractivity contribution in [2.75, 3.05) is 23.4 Å². The fourth-order valence-electron chi connectivity index (χ4n) is 2.61. The number of aliphatic hydroxyl groups is 1. The second-order valence-corrected chi connectivity index (χ2v) is 7.26. The molecule has 0 radical (unpaired) electrons. The third kappa shape index (κ3) is 3.82.